The second-order valence-electron chi connectivity index (χ2n) is 7.17. The molecule has 2 N–H and O–H groups in total. The third-order valence-electron chi connectivity index (χ3n) is 4.93. The normalized spacial score (nSPS) is 16.1. The molecule has 0 saturated heterocycles. The molecule has 0 bridgehead atoms. The number of rotatable bonds is 7. The van der Waals surface area contributed by atoms with Gasteiger partial charge in [0.25, 0.3) is 5.91 Å². The number of amides is 1. The van der Waals surface area contributed by atoms with Crippen LogP contribution in [0.25, 0.3) is 0 Å². The maximum atomic E-state index is 11.9. The van der Waals surface area contributed by atoms with Gasteiger partial charge >= 0.3 is 0 Å². The molecular weight excluding hydrogens is 346 g/mol. The van der Waals surface area contributed by atoms with E-state index in [0.29, 0.717) is 24.0 Å². The monoisotopic (exact) mass is 373 g/mol. The van der Waals surface area contributed by atoms with Crippen LogP contribution in [0, 0.1) is 6.92 Å². The number of nitrogens with one attached hydrogen (secondary N) is 1. The van der Waals surface area contributed by atoms with Gasteiger partial charge in [-0.3, -0.25) is 4.79 Å². The number of aryl methyl sites for hydroxylation is 1. The van der Waals surface area contributed by atoms with Crippen LogP contribution in [0.2, 0.25) is 0 Å². The number of hydrogen-bond acceptors (Lipinski definition) is 6. The minimum Gasteiger partial charge on any atom is -0.473 e. The molecule has 0 aromatic carbocycles. The van der Waals surface area contributed by atoms with Crippen molar-refractivity contribution in [2.45, 2.75) is 64.6 Å². The Morgan fingerprint density at radius 1 is 1.37 bits per heavy atom. The number of nitrogens with zero attached hydrogens (tertiary/aromatic N) is 2. The summed E-state index contributed by atoms with van der Waals surface area (Å²) in [7, 11) is 0. The van der Waals surface area contributed by atoms with Crippen molar-refractivity contribution in [3.05, 3.63) is 40.9 Å². The van der Waals surface area contributed by atoms with Crippen LogP contribution in [-0.2, 0) is 6.61 Å². The molecule has 2 aromatic heterocycles. The number of aliphatic hydroxyl groups excluding tert-OH is 1. The second kappa shape index (κ2) is 8.99. The fraction of sp³-hybridized carbons (Fsp3) is 0.550. The van der Waals surface area contributed by atoms with Gasteiger partial charge < -0.3 is 19.7 Å². The van der Waals surface area contributed by atoms with Gasteiger partial charge in [0.05, 0.1) is 22.9 Å². The molecule has 1 atom stereocenters. The van der Waals surface area contributed by atoms with Crippen molar-refractivity contribution < 1.29 is 19.2 Å². The van der Waals surface area contributed by atoms with Crippen molar-refractivity contribution in [1.82, 2.24) is 15.5 Å². The van der Waals surface area contributed by atoms with Crippen LogP contribution in [-0.4, -0.2) is 33.8 Å². The Morgan fingerprint density at radius 3 is 2.81 bits per heavy atom. The van der Waals surface area contributed by atoms with Crippen molar-refractivity contribution in [2.24, 2.45) is 0 Å². The lowest BCUT2D eigenvalue weighted by Gasteiger charge is -2.20. The van der Waals surface area contributed by atoms with E-state index in [9.17, 15) is 9.90 Å². The van der Waals surface area contributed by atoms with Gasteiger partial charge in [0.1, 0.15) is 12.4 Å². The summed E-state index contributed by atoms with van der Waals surface area (Å²) in [5, 5.41) is 16.1. The van der Waals surface area contributed by atoms with Crippen LogP contribution in [0.1, 0.15) is 72.3 Å². The van der Waals surface area contributed by atoms with E-state index in [1.165, 1.54) is 25.5 Å². The number of carbonyl (C=O) groups is 1. The lowest BCUT2D eigenvalue weighted by molar-refractivity contribution is 0.0923. The van der Waals surface area contributed by atoms with Crippen molar-refractivity contribution in [1.29, 1.82) is 0 Å². The molecule has 27 heavy (non-hydrogen) atoms. The summed E-state index contributed by atoms with van der Waals surface area (Å²) in [6, 6.07) is 3.32. The van der Waals surface area contributed by atoms with Gasteiger partial charge in [-0.2, -0.15) is 0 Å². The summed E-state index contributed by atoms with van der Waals surface area (Å²) >= 11 is 0. The highest BCUT2D eigenvalue weighted by Gasteiger charge is 2.24. The zero-order valence-electron chi connectivity index (χ0n) is 15.9. The number of ether oxygens (including phenoxy) is 1. The molecule has 146 valence electrons. The van der Waals surface area contributed by atoms with Crippen LogP contribution in [0.4, 0.5) is 0 Å². The van der Waals surface area contributed by atoms with Gasteiger partial charge in [-0.05, 0) is 32.8 Å². The van der Waals surface area contributed by atoms with Gasteiger partial charge in [-0.1, -0.05) is 24.4 Å². The number of pyridine rings is 1. The van der Waals surface area contributed by atoms with Crippen LogP contribution in [0.5, 0.6) is 5.88 Å². The Kier molecular flexibility index (Phi) is 6.45. The molecule has 2 heterocycles. The van der Waals surface area contributed by atoms with Gasteiger partial charge in [0.2, 0.25) is 5.88 Å². The van der Waals surface area contributed by atoms with Crippen LogP contribution >= 0.6 is 0 Å². The molecule has 1 aliphatic carbocycles. The molecule has 1 fully saturated rings. The van der Waals surface area contributed by atoms with Crippen LogP contribution < -0.4 is 10.1 Å². The van der Waals surface area contributed by atoms with E-state index in [2.05, 4.69) is 15.5 Å². The van der Waals surface area contributed by atoms with E-state index in [-0.39, 0.29) is 12.5 Å². The van der Waals surface area contributed by atoms with Gasteiger partial charge in [0, 0.05) is 24.7 Å². The molecule has 3 rings (SSSR count). The standard InChI is InChI=1S/C20H27N3O4/c1-13(24)10-22-20(25)16-8-9-18(21-11-16)26-12-17-14(2)27-23-19(17)15-6-4-3-5-7-15/h8-9,11,13,15,24H,3-7,10,12H2,1-2H3,(H,22,25). The highest BCUT2D eigenvalue weighted by atomic mass is 16.5. The predicted octanol–water partition coefficient (Wildman–Crippen LogP) is 3.12. The molecule has 1 saturated carbocycles. The third kappa shape index (κ3) is 5.07. The average Bonchev–Trinajstić information content (AvgIpc) is 3.06. The van der Waals surface area contributed by atoms with Crippen molar-refractivity contribution >= 4 is 5.91 Å². The molecule has 7 nitrogen and oxygen atoms in total. The molecular formula is C20H27N3O4. The van der Waals surface area contributed by atoms with Crippen LogP contribution in [0.3, 0.4) is 0 Å². The Balaban J connectivity index is 1.60. The molecule has 0 spiro atoms. The summed E-state index contributed by atoms with van der Waals surface area (Å²) in [5.74, 6) is 1.40. The first-order valence-corrected chi connectivity index (χ1v) is 9.54. The highest BCUT2D eigenvalue weighted by Crippen LogP contribution is 2.35. The molecule has 1 aliphatic rings. The van der Waals surface area contributed by atoms with E-state index in [1.807, 2.05) is 6.92 Å². The van der Waals surface area contributed by atoms with E-state index >= 15 is 0 Å². The minimum absolute atomic E-state index is 0.202. The number of hydrogen-bond donors (Lipinski definition) is 2. The van der Waals surface area contributed by atoms with E-state index in [4.69, 9.17) is 9.26 Å². The zero-order valence-corrected chi connectivity index (χ0v) is 15.9. The molecule has 1 amide bonds. The summed E-state index contributed by atoms with van der Waals surface area (Å²) in [6.07, 6.45) is 6.93. The fourth-order valence-corrected chi connectivity index (χ4v) is 3.37. The Morgan fingerprint density at radius 2 is 2.15 bits per heavy atom. The Labute approximate surface area is 159 Å². The van der Waals surface area contributed by atoms with Gasteiger partial charge in [0.15, 0.2) is 0 Å². The largest absolute Gasteiger partial charge is 0.473 e. The first-order valence-electron chi connectivity index (χ1n) is 9.54. The lowest BCUT2D eigenvalue weighted by atomic mass is 9.85. The predicted molar refractivity (Wildman–Crippen MR) is 99.6 cm³/mol. The smallest absolute Gasteiger partial charge is 0.252 e. The number of carbonyl (C=O) groups excluding carboxylic acids is 1. The Hall–Kier alpha value is -2.41. The topological polar surface area (TPSA) is 97.5 Å². The SMILES string of the molecule is Cc1onc(C2CCCCC2)c1COc1ccc(C(=O)NCC(C)O)cn1. The van der Waals surface area contributed by atoms with Crippen molar-refractivity contribution in [3.8, 4) is 5.88 Å². The third-order valence-corrected chi connectivity index (χ3v) is 4.93. The number of aromatic nitrogens is 2. The molecule has 0 radical (unpaired) electrons. The van der Waals surface area contributed by atoms with E-state index in [0.717, 1.165) is 29.9 Å². The first-order chi connectivity index (χ1) is 13.0. The van der Waals surface area contributed by atoms with Gasteiger partial charge in [-0.25, -0.2) is 4.98 Å². The fourth-order valence-electron chi connectivity index (χ4n) is 3.37. The quantitative estimate of drug-likeness (QED) is 0.774. The summed E-state index contributed by atoms with van der Waals surface area (Å²) in [4.78, 5) is 16.1. The van der Waals surface area contributed by atoms with E-state index in [1.54, 1.807) is 19.1 Å². The van der Waals surface area contributed by atoms with Crippen molar-refractivity contribution in [3.63, 3.8) is 0 Å². The van der Waals surface area contributed by atoms with E-state index < -0.39 is 6.10 Å². The number of aliphatic hydroxyl groups is 1. The Bertz CT molecular complexity index is 749. The molecule has 1 unspecified atom stereocenters. The first kappa shape index (κ1) is 19.4. The van der Waals surface area contributed by atoms with Crippen LogP contribution in [0.15, 0.2) is 22.9 Å². The summed E-state index contributed by atoms with van der Waals surface area (Å²) in [6.45, 7) is 4.07. The minimum atomic E-state index is -0.588. The maximum Gasteiger partial charge on any atom is 0.252 e. The summed E-state index contributed by atoms with van der Waals surface area (Å²) < 4.78 is 11.2. The zero-order chi connectivity index (χ0) is 19.2. The molecule has 0 aliphatic heterocycles. The van der Waals surface area contributed by atoms with Crippen molar-refractivity contribution in [2.75, 3.05) is 6.54 Å². The maximum absolute atomic E-state index is 11.9. The van der Waals surface area contributed by atoms with Gasteiger partial charge in [-0.15, -0.1) is 0 Å². The average molecular weight is 373 g/mol. The summed E-state index contributed by atoms with van der Waals surface area (Å²) in [5.41, 5.74) is 2.44. The molecule has 7 heteroatoms. The lowest BCUT2D eigenvalue weighted by Crippen LogP contribution is -2.30. The molecule has 2 aromatic rings. The second-order valence-corrected chi connectivity index (χ2v) is 7.17. The highest BCUT2D eigenvalue weighted by molar-refractivity contribution is 5.93.